The molecule has 11 nitrogen and oxygen atoms in total. The molecule has 5 unspecified atom stereocenters. The topological polar surface area (TPSA) is 126 Å². The number of alkyl halides is 2. The van der Waals surface area contributed by atoms with Crippen molar-refractivity contribution in [3.05, 3.63) is 83.2 Å². The average Bonchev–Trinajstić information content (AvgIpc) is 3.41. The second-order valence-electron chi connectivity index (χ2n) is 8.43. The van der Waals surface area contributed by atoms with Gasteiger partial charge in [0.15, 0.2) is 6.23 Å². The van der Waals surface area contributed by atoms with Gasteiger partial charge < -0.3 is 23.8 Å². The molecular weight excluding hydrogens is 571 g/mol. The number of hydrogen-bond donors (Lipinski definition) is 2. The first-order valence-corrected chi connectivity index (χ1v) is 14.5. The number of carbonyl (C=O) groups is 1. The number of hydrogen-bond acceptors (Lipinski definition) is 10. The number of nitrogens with one attached hydrogen (secondary N) is 2. The minimum atomic E-state index is -1.87. The lowest BCUT2D eigenvalue weighted by Gasteiger charge is -2.23. The van der Waals surface area contributed by atoms with E-state index in [4.69, 9.17) is 18.5 Å². The van der Waals surface area contributed by atoms with Crippen LogP contribution in [0.3, 0.4) is 0 Å². The molecular formula is C28H38F2N5O6P. The minimum absolute atomic E-state index is 0.00955. The fraction of sp³-hybridized carbons (Fsp3) is 0.429. The van der Waals surface area contributed by atoms with Crippen molar-refractivity contribution in [3.63, 3.8) is 0 Å². The summed E-state index contributed by atoms with van der Waals surface area (Å²) in [4.78, 5) is 32.7. The van der Waals surface area contributed by atoms with Gasteiger partial charge in [-0.2, -0.15) is 4.98 Å². The van der Waals surface area contributed by atoms with Crippen LogP contribution in [0.2, 0.25) is 0 Å². The summed E-state index contributed by atoms with van der Waals surface area (Å²) < 4.78 is 48.4. The molecule has 1 saturated heterocycles. The number of pyridine rings is 1. The maximum atomic E-state index is 14.8. The molecule has 0 amide bonds. The Morgan fingerprint density at radius 3 is 2.57 bits per heavy atom. The van der Waals surface area contributed by atoms with Gasteiger partial charge >= 0.3 is 20.2 Å². The fourth-order valence-corrected chi connectivity index (χ4v) is 4.80. The number of rotatable bonds is 12. The lowest BCUT2D eigenvalue weighted by atomic mass is 10.2. The van der Waals surface area contributed by atoms with E-state index in [1.807, 2.05) is 44.2 Å². The summed E-state index contributed by atoms with van der Waals surface area (Å²) in [5.41, 5.74) is 0.236. The van der Waals surface area contributed by atoms with Crippen LogP contribution in [0.5, 0.6) is 5.75 Å². The third kappa shape index (κ3) is 10.7. The molecule has 3 aromatic rings. The Morgan fingerprint density at radius 1 is 1.19 bits per heavy atom. The number of nitrogens with zero attached hydrogens (tertiary/aromatic N) is 3. The highest BCUT2D eigenvalue weighted by Crippen LogP contribution is 2.38. The van der Waals surface area contributed by atoms with Crippen molar-refractivity contribution >= 4 is 20.3 Å². The Balaban J connectivity index is 0.00000148. The summed E-state index contributed by atoms with van der Waals surface area (Å²) in [6, 6.07) is 13.5. The van der Waals surface area contributed by atoms with Crippen molar-refractivity contribution in [2.45, 2.75) is 58.3 Å². The van der Waals surface area contributed by atoms with Gasteiger partial charge in [-0.3, -0.25) is 18.7 Å². The number of carbonyl (C=O) groups excluding carboxylic acids is 1. The summed E-state index contributed by atoms with van der Waals surface area (Å²) >= 11 is 0. The van der Waals surface area contributed by atoms with Gasteiger partial charge in [-0.05, 0) is 30.7 Å². The number of halogens is 2. The molecule has 42 heavy (non-hydrogen) atoms. The summed E-state index contributed by atoms with van der Waals surface area (Å²) in [6.07, 6.45) is 1.33. The zero-order valence-electron chi connectivity index (χ0n) is 24.3. The molecule has 0 bridgehead atoms. The van der Waals surface area contributed by atoms with E-state index in [-0.39, 0.29) is 19.6 Å². The fourth-order valence-electron chi connectivity index (χ4n) is 3.60. The van der Waals surface area contributed by atoms with Crippen LogP contribution in [0.1, 0.15) is 39.0 Å². The van der Waals surface area contributed by atoms with Crippen molar-refractivity contribution in [2.24, 2.45) is 0 Å². The van der Waals surface area contributed by atoms with Gasteiger partial charge in [0.05, 0.1) is 26.1 Å². The van der Waals surface area contributed by atoms with Crippen molar-refractivity contribution in [1.29, 1.82) is 0 Å². The minimum Gasteiger partial charge on any atom is -0.460 e. The molecule has 4 rings (SSSR count). The van der Waals surface area contributed by atoms with E-state index in [1.54, 1.807) is 38.4 Å². The van der Waals surface area contributed by atoms with Crippen LogP contribution in [-0.2, 0) is 25.4 Å². The Labute approximate surface area is 245 Å². The van der Waals surface area contributed by atoms with Crippen LogP contribution in [0.15, 0.2) is 71.9 Å². The maximum absolute atomic E-state index is 14.8. The zero-order valence-corrected chi connectivity index (χ0v) is 25.2. The third-order valence-electron chi connectivity index (χ3n) is 5.57. The molecule has 1 aliphatic heterocycles. The molecule has 0 radical (unpaired) electrons. The molecule has 0 aliphatic carbocycles. The third-order valence-corrected chi connectivity index (χ3v) is 6.92. The van der Waals surface area contributed by atoms with Crippen LogP contribution in [0, 0.1) is 0 Å². The second kappa shape index (κ2) is 18.8. The number of ether oxygens (including phenoxy) is 2. The SMILES string of the molecule is CC.CF.CNc1ccn(C2OC(COP(NC(C)C(=O)OCc3ccccc3)Oc3cccnc3)CC2F)c(=O)n1. The van der Waals surface area contributed by atoms with Crippen LogP contribution in [-0.4, -0.2) is 59.7 Å². The van der Waals surface area contributed by atoms with Gasteiger partial charge in [0.25, 0.3) is 0 Å². The predicted molar refractivity (Wildman–Crippen MR) is 156 cm³/mol. The highest BCUT2D eigenvalue weighted by Gasteiger charge is 2.38. The molecule has 0 spiro atoms. The summed E-state index contributed by atoms with van der Waals surface area (Å²) in [5.74, 6) is 0.310. The van der Waals surface area contributed by atoms with E-state index in [0.29, 0.717) is 18.7 Å². The van der Waals surface area contributed by atoms with Gasteiger partial charge in [-0.15, -0.1) is 0 Å². The molecule has 0 saturated carbocycles. The van der Waals surface area contributed by atoms with Gasteiger partial charge in [0.2, 0.25) is 0 Å². The maximum Gasteiger partial charge on any atom is 0.351 e. The van der Waals surface area contributed by atoms with E-state index >= 15 is 0 Å². The van der Waals surface area contributed by atoms with E-state index in [1.165, 1.54) is 12.4 Å². The lowest BCUT2D eigenvalue weighted by Crippen LogP contribution is -2.34. The summed E-state index contributed by atoms with van der Waals surface area (Å²) in [5, 5.41) is 5.76. The van der Waals surface area contributed by atoms with Crippen molar-refractivity contribution < 1.29 is 32.1 Å². The molecule has 14 heteroatoms. The normalized spacial score (nSPS) is 18.8. The standard InChI is InChI=1S/C25H29FN5O6P.C2H6.CH3F/c1-17(24(32)34-15-18-7-4-3-5-8-18)30-38(37-19-9-6-11-28-14-19)35-16-20-13-21(26)23(36-20)31-12-10-22(27-2)29-25(31)33;2*1-2/h3-12,14,17,20-21,23,30H,13,15-16H2,1-2H3,(H,27,29,33);1-2H3;1H3. The smallest absolute Gasteiger partial charge is 0.351 e. The first-order valence-electron chi connectivity index (χ1n) is 13.3. The largest absolute Gasteiger partial charge is 0.460 e. The van der Waals surface area contributed by atoms with Crippen LogP contribution in [0.4, 0.5) is 14.6 Å². The van der Waals surface area contributed by atoms with Crippen molar-refractivity contribution in [1.82, 2.24) is 19.6 Å². The molecule has 230 valence electrons. The molecule has 2 aromatic heterocycles. The van der Waals surface area contributed by atoms with Crippen LogP contribution < -0.4 is 20.6 Å². The molecule has 1 aromatic carbocycles. The monoisotopic (exact) mass is 609 g/mol. The van der Waals surface area contributed by atoms with Crippen LogP contribution >= 0.6 is 8.53 Å². The molecule has 2 N–H and O–H groups in total. The quantitative estimate of drug-likeness (QED) is 0.215. The van der Waals surface area contributed by atoms with E-state index in [0.717, 1.165) is 10.1 Å². The molecule has 3 heterocycles. The Bertz CT molecular complexity index is 1240. The van der Waals surface area contributed by atoms with E-state index < -0.39 is 44.7 Å². The Hall–Kier alpha value is -3.51. The number of benzene rings is 1. The van der Waals surface area contributed by atoms with Gasteiger partial charge in [-0.25, -0.2) is 14.3 Å². The zero-order chi connectivity index (χ0) is 30.9. The Kier molecular flexibility index (Phi) is 15.6. The number of anilines is 1. The predicted octanol–water partition coefficient (Wildman–Crippen LogP) is 4.96. The average molecular weight is 610 g/mol. The molecule has 1 fully saturated rings. The van der Waals surface area contributed by atoms with Gasteiger partial charge in [-0.1, -0.05) is 44.2 Å². The van der Waals surface area contributed by atoms with E-state index in [9.17, 15) is 18.4 Å². The number of aromatic nitrogens is 3. The van der Waals surface area contributed by atoms with Crippen molar-refractivity contribution in [3.8, 4) is 5.75 Å². The van der Waals surface area contributed by atoms with Gasteiger partial charge in [0, 0.05) is 25.9 Å². The molecule has 5 atom stereocenters. The van der Waals surface area contributed by atoms with Crippen molar-refractivity contribution in [2.75, 3.05) is 26.1 Å². The Morgan fingerprint density at radius 2 is 1.93 bits per heavy atom. The highest BCUT2D eigenvalue weighted by molar-refractivity contribution is 7.45. The van der Waals surface area contributed by atoms with Gasteiger partial charge in [0.1, 0.15) is 30.4 Å². The van der Waals surface area contributed by atoms with Crippen LogP contribution in [0.25, 0.3) is 0 Å². The lowest BCUT2D eigenvalue weighted by molar-refractivity contribution is -0.146. The first kappa shape index (κ1) is 34.7. The van der Waals surface area contributed by atoms with E-state index in [2.05, 4.69) is 20.4 Å². The first-order chi connectivity index (χ1) is 20.4. The second-order valence-corrected chi connectivity index (χ2v) is 9.64. The molecule has 1 aliphatic rings. The number of esters is 1. The summed E-state index contributed by atoms with van der Waals surface area (Å²) in [7, 11) is 0.264. The highest BCUT2D eigenvalue weighted by atomic mass is 31.2. The summed E-state index contributed by atoms with van der Waals surface area (Å²) in [6.45, 7) is 5.72.